The maximum atomic E-state index is 12.6. The van der Waals surface area contributed by atoms with E-state index in [4.69, 9.17) is 14.6 Å². The summed E-state index contributed by atoms with van der Waals surface area (Å²) in [4.78, 5) is 37.4. The van der Waals surface area contributed by atoms with Gasteiger partial charge >= 0.3 is 17.9 Å². The highest BCUT2D eigenvalue weighted by Crippen LogP contribution is 2.65. The van der Waals surface area contributed by atoms with Crippen molar-refractivity contribution in [3.05, 3.63) is 35.1 Å². The normalized spacial score (nSPS) is 31.9. The van der Waals surface area contributed by atoms with Crippen LogP contribution in [0.5, 0.6) is 11.5 Å². The van der Waals surface area contributed by atoms with Gasteiger partial charge in [0.2, 0.25) is 5.85 Å². The number of aromatic hydroxyl groups is 1. The Bertz CT molecular complexity index is 1150. The van der Waals surface area contributed by atoms with Gasteiger partial charge in [0.25, 0.3) is 0 Å². The zero-order valence-corrected chi connectivity index (χ0v) is 20.0. The van der Waals surface area contributed by atoms with E-state index in [-0.39, 0.29) is 29.7 Å². The Morgan fingerprint density at radius 2 is 2.09 bits per heavy atom. The van der Waals surface area contributed by atoms with Crippen LogP contribution in [0.25, 0.3) is 0 Å². The number of hydrogen-bond acceptors (Lipinski definition) is 10. The minimum Gasteiger partial charge on any atom is -0.504 e. The van der Waals surface area contributed by atoms with Gasteiger partial charge in [-0.1, -0.05) is 15.3 Å². The summed E-state index contributed by atoms with van der Waals surface area (Å²) >= 11 is 0. The number of piperidine rings is 1. The van der Waals surface area contributed by atoms with Crippen LogP contribution in [0.15, 0.2) is 24.0 Å². The Labute approximate surface area is 202 Å². The molecule has 5 rings (SSSR count). The molecule has 35 heavy (non-hydrogen) atoms. The lowest BCUT2D eigenvalue weighted by Crippen LogP contribution is -2.74. The fourth-order valence-corrected chi connectivity index (χ4v) is 6.25. The maximum Gasteiger partial charge on any atom is 0.348 e. The van der Waals surface area contributed by atoms with Crippen LogP contribution in [-0.2, 0) is 35.7 Å². The molecule has 1 fully saturated rings. The lowest BCUT2D eigenvalue weighted by atomic mass is 9.50. The summed E-state index contributed by atoms with van der Waals surface area (Å²) in [5.74, 6) is -4.90. The number of carboxylic acid groups (broad SMARTS) is 1. The second-order valence-corrected chi connectivity index (χ2v) is 10.1. The van der Waals surface area contributed by atoms with Crippen molar-refractivity contribution >= 4 is 27.1 Å². The highest BCUT2D eigenvalue weighted by Gasteiger charge is 2.72. The fourth-order valence-electron chi connectivity index (χ4n) is 6.10. The number of rotatable bonds is 6. The lowest BCUT2D eigenvalue weighted by molar-refractivity contribution is -0.173. The Balaban J connectivity index is 1.42. The third-order valence-electron chi connectivity index (χ3n) is 7.71. The Hall–Kier alpha value is -2.72. The van der Waals surface area contributed by atoms with Crippen LogP contribution in [-0.4, -0.2) is 86.5 Å². The number of carbonyl (C=O) groups excluding carboxylic acids is 2. The molecule has 0 radical (unpaired) electrons. The van der Waals surface area contributed by atoms with Crippen molar-refractivity contribution in [3.8, 4) is 11.5 Å². The molecule has 1 aromatic carbocycles. The number of likely N-dealkylation sites (N-methyl/N-ethyl adjacent to an activating group) is 1. The number of aliphatic carboxylic acids is 1. The molecule has 0 saturated carbocycles. The minimum absolute atomic E-state index is 0.0771. The van der Waals surface area contributed by atoms with Crippen molar-refractivity contribution < 1.29 is 49.0 Å². The van der Waals surface area contributed by atoms with Crippen LogP contribution < -0.4 is 4.74 Å². The van der Waals surface area contributed by atoms with Crippen molar-refractivity contribution in [1.82, 2.24) is 4.90 Å². The van der Waals surface area contributed by atoms with E-state index in [1.807, 2.05) is 22.4 Å². The second kappa shape index (κ2) is 8.16. The molecular formula is C23H26NO10P. The van der Waals surface area contributed by atoms with Crippen LogP contribution in [0, 0.1) is 0 Å². The number of esters is 2. The highest BCUT2D eigenvalue weighted by molar-refractivity contribution is 7.19. The van der Waals surface area contributed by atoms with Crippen LogP contribution >= 0.6 is 9.24 Å². The summed E-state index contributed by atoms with van der Waals surface area (Å²) in [7, 11) is 3.76. The number of benzene rings is 1. The van der Waals surface area contributed by atoms with E-state index in [0.717, 1.165) is 11.1 Å². The zero-order valence-electron chi connectivity index (χ0n) is 18.8. The molecular weight excluding hydrogens is 481 g/mol. The smallest absolute Gasteiger partial charge is 0.348 e. The van der Waals surface area contributed by atoms with Gasteiger partial charge in [-0.15, -0.1) is 0 Å². The maximum absolute atomic E-state index is 12.6. The van der Waals surface area contributed by atoms with E-state index < -0.39 is 53.4 Å². The standard InChI is InChI=1S/C23H26NO10P/c1-24-7-6-22-16-10-2-3-11(25)17(16)34-18(22)13(4-5-23(22,31)14(24)8-10)32-20(30)12(26)9-15(27)33-21(35)19(28)29/h2-4,12,14,18,21,25-26,31H,5-9,35H2,1H3,(H,28,29)/t12-,14+,18?,21-,22?,23+/m0/s1. The molecule has 1 saturated heterocycles. The number of hydrogen-bond donors (Lipinski definition) is 4. The average molecular weight is 507 g/mol. The Morgan fingerprint density at radius 1 is 1.34 bits per heavy atom. The first-order chi connectivity index (χ1) is 16.5. The molecule has 1 spiro atoms. The number of carboxylic acids is 1. The molecule has 2 heterocycles. The number of likely N-dealkylation sites (tertiary alicyclic amines) is 1. The highest BCUT2D eigenvalue weighted by atomic mass is 31.0. The van der Waals surface area contributed by atoms with E-state index in [1.54, 1.807) is 12.1 Å². The molecule has 2 aliphatic carbocycles. The number of phenolic OH excluding ortho intramolecular Hbond substituents is 1. The molecule has 2 bridgehead atoms. The van der Waals surface area contributed by atoms with Gasteiger partial charge in [0.15, 0.2) is 23.7 Å². The predicted molar refractivity (Wildman–Crippen MR) is 121 cm³/mol. The SMILES string of the molecule is CN1CCC23c4c5ccc(O)c4OC2C(OC(=O)[C@@H](O)CC(=O)O[C@@H](P)C(=O)O)=CC[C@@]3(O)[C@H]1C5. The quantitative estimate of drug-likeness (QED) is 0.298. The molecule has 7 atom stereocenters. The van der Waals surface area contributed by atoms with Gasteiger partial charge < -0.3 is 39.5 Å². The van der Waals surface area contributed by atoms with Crippen LogP contribution in [0.4, 0.5) is 0 Å². The van der Waals surface area contributed by atoms with Gasteiger partial charge in [0, 0.05) is 18.0 Å². The third-order valence-corrected chi connectivity index (χ3v) is 8.13. The second-order valence-electron chi connectivity index (χ2n) is 9.49. The lowest BCUT2D eigenvalue weighted by Gasteiger charge is -2.61. The number of nitrogens with zero attached hydrogens (tertiary/aromatic N) is 1. The van der Waals surface area contributed by atoms with E-state index >= 15 is 0 Å². The van der Waals surface area contributed by atoms with Crippen LogP contribution in [0.2, 0.25) is 0 Å². The summed E-state index contributed by atoms with van der Waals surface area (Å²) < 4.78 is 16.2. The third kappa shape index (κ3) is 3.36. The van der Waals surface area contributed by atoms with E-state index in [0.29, 0.717) is 19.4 Å². The van der Waals surface area contributed by atoms with Crippen molar-refractivity contribution in [2.45, 2.75) is 60.8 Å². The van der Waals surface area contributed by atoms with Gasteiger partial charge in [-0.25, -0.2) is 9.59 Å². The molecule has 188 valence electrons. The van der Waals surface area contributed by atoms with Crippen LogP contribution in [0.1, 0.15) is 30.4 Å². The first-order valence-corrected chi connectivity index (χ1v) is 11.9. The summed E-state index contributed by atoms with van der Waals surface area (Å²) in [5, 5.41) is 41.6. The van der Waals surface area contributed by atoms with Crippen molar-refractivity contribution in [1.29, 1.82) is 0 Å². The first kappa shape index (κ1) is 24.0. The molecule has 1 aromatic rings. The van der Waals surface area contributed by atoms with Gasteiger partial charge in [-0.05, 0) is 44.1 Å². The van der Waals surface area contributed by atoms with E-state index in [1.165, 1.54) is 0 Å². The number of ether oxygens (including phenoxy) is 3. The average Bonchev–Trinajstić information content (AvgIpc) is 3.15. The largest absolute Gasteiger partial charge is 0.504 e. The predicted octanol–water partition coefficient (Wildman–Crippen LogP) is -0.207. The molecule has 0 aromatic heterocycles. The van der Waals surface area contributed by atoms with Gasteiger partial charge in [0.1, 0.15) is 5.76 Å². The number of aliphatic hydroxyl groups is 2. The Morgan fingerprint density at radius 3 is 2.80 bits per heavy atom. The van der Waals surface area contributed by atoms with E-state index in [9.17, 15) is 29.7 Å². The zero-order chi connectivity index (χ0) is 25.3. The first-order valence-electron chi connectivity index (χ1n) is 11.2. The van der Waals surface area contributed by atoms with Gasteiger partial charge in [0.05, 0.1) is 17.4 Å². The number of aliphatic hydroxyl groups excluding tert-OH is 1. The monoisotopic (exact) mass is 507 g/mol. The van der Waals surface area contributed by atoms with Gasteiger partial charge in [-0.2, -0.15) is 0 Å². The van der Waals surface area contributed by atoms with Crippen molar-refractivity contribution in [3.63, 3.8) is 0 Å². The molecule has 2 aliphatic heterocycles. The summed E-state index contributed by atoms with van der Waals surface area (Å²) in [5.41, 5.74) is -0.531. The Kier molecular flexibility index (Phi) is 5.60. The van der Waals surface area contributed by atoms with Gasteiger partial charge in [-0.3, -0.25) is 4.79 Å². The molecule has 11 nitrogen and oxygen atoms in total. The summed E-state index contributed by atoms with van der Waals surface area (Å²) in [6.07, 6.45) is -0.866. The summed E-state index contributed by atoms with van der Waals surface area (Å²) in [6, 6.07) is 3.15. The minimum atomic E-state index is -1.91. The molecule has 12 heteroatoms. The number of carbonyl (C=O) groups is 3. The topological polar surface area (TPSA) is 163 Å². The molecule has 4 aliphatic rings. The molecule has 3 unspecified atom stereocenters. The van der Waals surface area contributed by atoms with E-state index in [2.05, 4.69) is 9.64 Å². The molecule has 4 N–H and O–H groups in total. The summed E-state index contributed by atoms with van der Waals surface area (Å²) in [6.45, 7) is 0.650. The molecule has 0 amide bonds. The van der Waals surface area contributed by atoms with Crippen molar-refractivity contribution in [2.24, 2.45) is 0 Å². The van der Waals surface area contributed by atoms with Crippen LogP contribution in [0.3, 0.4) is 0 Å². The number of phenols is 1. The van der Waals surface area contributed by atoms with Crippen molar-refractivity contribution in [2.75, 3.05) is 13.6 Å². The fraction of sp³-hybridized carbons (Fsp3) is 0.522.